The second kappa shape index (κ2) is 7.80. The summed E-state index contributed by atoms with van der Waals surface area (Å²) in [6, 6.07) is 8.29. The molecule has 156 valence electrons. The van der Waals surface area contributed by atoms with E-state index in [1.54, 1.807) is 30.6 Å². The number of pyridine rings is 1. The number of H-pyrrole nitrogens is 1. The lowest BCUT2D eigenvalue weighted by molar-refractivity contribution is -0.134. The van der Waals surface area contributed by atoms with Crippen LogP contribution in [-0.4, -0.2) is 26.6 Å². The SMILES string of the molecule is NC(=O)C=Cc1c[nH]c2ncc(-c3ccc(C(=O)c4ncc(C(F)(F)F)s4)cc3)cc12. The highest BCUT2D eigenvalue weighted by Crippen LogP contribution is 2.34. The molecule has 1 amide bonds. The normalized spacial score (nSPS) is 12.0. The van der Waals surface area contributed by atoms with Gasteiger partial charge in [0.05, 0.1) is 6.20 Å². The van der Waals surface area contributed by atoms with Crippen molar-refractivity contribution in [1.29, 1.82) is 0 Å². The Kier molecular flexibility index (Phi) is 5.15. The van der Waals surface area contributed by atoms with E-state index in [4.69, 9.17) is 5.73 Å². The van der Waals surface area contributed by atoms with Gasteiger partial charge in [-0.15, -0.1) is 11.3 Å². The number of halogens is 3. The van der Waals surface area contributed by atoms with Crippen molar-refractivity contribution in [3.63, 3.8) is 0 Å². The van der Waals surface area contributed by atoms with Gasteiger partial charge in [0.2, 0.25) is 11.7 Å². The second-order valence-electron chi connectivity index (χ2n) is 6.53. The van der Waals surface area contributed by atoms with Gasteiger partial charge in [0.15, 0.2) is 5.01 Å². The summed E-state index contributed by atoms with van der Waals surface area (Å²) >= 11 is 0.315. The van der Waals surface area contributed by atoms with Crippen molar-refractivity contribution in [2.75, 3.05) is 0 Å². The predicted molar refractivity (Wildman–Crippen MR) is 110 cm³/mol. The Morgan fingerprint density at radius 1 is 1.06 bits per heavy atom. The number of nitrogens with zero attached hydrogens (tertiary/aromatic N) is 2. The molecule has 0 spiro atoms. The largest absolute Gasteiger partial charge is 0.427 e. The number of hydrogen-bond acceptors (Lipinski definition) is 5. The number of fused-ring (bicyclic) bond motifs is 1. The number of amides is 1. The molecule has 0 aliphatic carbocycles. The Bertz CT molecular complexity index is 1320. The lowest BCUT2D eigenvalue weighted by Crippen LogP contribution is -2.04. The van der Waals surface area contributed by atoms with E-state index in [1.807, 2.05) is 6.07 Å². The highest BCUT2D eigenvalue weighted by Gasteiger charge is 2.34. The quantitative estimate of drug-likeness (QED) is 0.353. The van der Waals surface area contributed by atoms with E-state index < -0.39 is 22.7 Å². The Labute approximate surface area is 177 Å². The maximum absolute atomic E-state index is 12.7. The Morgan fingerprint density at radius 3 is 2.45 bits per heavy atom. The monoisotopic (exact) mass is 442 g/mol. The number of thiazole rings is 1. The molecule has 4 aromatic rings. The highest BCUT2D eigenvalue weighted by atomic mass is 32.1. The van der Waals surface area contributed by atoms with Crippen molar-refractivity contribution < 1.29 is 22.8 Å². The average molecular weight is 442 g/mol. The van der Waals surface area contributed by atoms with Gasteiger partial charge < -0.3 is 10.7 Å². The zero-order chi connectivity index (χ0) is 22.2. The van der Waals surface area contributed by atoms with Crippen LogP contribution >= 0.6 is 11.3 Å². The molecule has 0 aliphatic heterocycles. The minimum absolute atomic E-state index is 0.221. The number of aromatic nitrogens is 3. The average Bonchev–Trinajstić information content (AvgIpc) is 3.39. The van der Waals surface area contributed by atoms with E-state index in [2.05, 4.69) is 15.0 Å². The van der Waals surface area contributed by atoms with Crippen LogP contribution in [0.4, 0.5) is 13.2 Å². The first-order chi connectivity index (χ1) is 14.7. The van der Waals surface area contributed by atoms with Crippen molar-refractivity contribution in [2.24, 2.45) is 5.73 Å². The van der Waals surface area contributed by atoms with Gasteiger partial charge in [0.25, 0.3) is 0 Å². The number of nitrogens with two attached hydrogens (primary N) is 1. The van der Waals surface area contributed by atoms with Crippen LogP contribution in [0.15, 0.2) is 55.0 Å². The number of primary amides is 1. The van der Waals surface area contributed by atoms with Crippen LogP contribution in [0, 0.1) is 0 Å². The highest BCUT2D eigenvalue weighted by molar-refractivity contribution is 7.13. The second-order valence-corrected chi connectivity index (χ2v) is 7.56. The summed E-state index contributed by atoms with van der Waals surface area (Å²) in [5, 5.41) is 0.555. The standard InChI is InChI=1S/C21H13F3N4O2S/c22-21(23,24)16-10-28-20(31-16)18(30)12-3-1-11(2-4-12)14-7-15-13(5-6-17(25)29)8-26-19(15)27-9-14/h1-10H,(H2,25,29)(H,26,27). The first-order valence-corrected chi connectivity index (χ1v) is 9.67. The number of aromatic amines is 1. The predicted octanol–water partition coefficient (Wildman–Crippen LogP) is 4.43. The van der Waals surface area contributed by atoms with Crippen molar-refractivity contribution in [1.82, 2.24) is 15.0 Å². The van der Waals surface area contributed by atoms with E-state index in [9.17, 15) is 22.8 Å². The fourth-order valence-electron chi connectivity index (χ4n) is 2.94. The van der Waals surface area contributed by atoms with Gasteiger partial charge in [0, 0.05) is 40.5 Å². The molecule has 3 heterocycles. The zero-order valence-corrected chi connectivity index (χ0v) is 16.4. The molecule has 0 saturated heterocycles. The molecule has 6 nitrogen and oxygen atoms in total. The minimum Gasteiger partial charge on any atom is -0.366 e. The molecule has 0 radical (unpaired) electrons. The summed E-state index contributed by atoms with van der Waals surface area (Å²) in [6.45, 7) is 0. The number of rotatable bonds is 5. The summed E-state index contributed by atoms with van der Waals surface area (Å²) in [5.74, 6) is -1.15. The molecular weight excluding hydrogens is 429 g/mol. The van der Waals surface area contributed by atoms with Gasteiger partial charge in [0.1, 0.15) is 10.5 Å². The van der Waals surface area contributed by atoms with Crippen molar-refractivity contribution in [3.05, 3.63) is 76.0 Å². The number of carbonyl (C=O) groups is 2. The third-order valence-electron chi connectivity index (χ3n) is 4.45. The van der Waals surface area contributed by atoms with Crippen LogP contribution in [0.3, 0.4) is 0 Å². The molecule has 3 aromatic heterocycles. The fourth-order valence-corrected chi connectivity index (χ4v) is 3.68. The number of carbonyl (C=O) groups excluding carboxylic acids is 2. The molecule has 1 aromatic carbocycles. The third-order valence-corrected chi connectivity index (χ3v) is 5.49. The fraction of sp³-hybridized carbons (Fsp3) is 0.0476. The molecule has 0 aliphatic rings. The summed E-state index contributed by atoms with van der Waals surface area (Å²) < 4.78 is 38.2. The Balaban J connectivity index is 1.61. The van der Waals surface area contributed by atoms with Crippen LogP contribution in [0.5, 0.6) is 0 Å². The molecule has 4 rings (SSSR count). The van der Waals surface area contributed by atoms with E-state index in [-0.39, 0.29) is 10.6 Å². The third kappa shape index (κ3) is 4.24. The maximum atomic E-state index is 12.7. The van der Waals surface area contributed by atoms with E-state index in [0.717, 1.165) is 22.1 Å². The van der Waals surface area contributed by atoms with Crippen molar-refractivity contribution >= 4 is 40.1 Å². The lowest BCUT2D eigenvalue weighted by Gasteiger charge is -2.04. The number of hydrogen-bond donors (Lipinski definition) is 2. The molecule has 3 N–H and O–H groups in total. The summed E-state index contributed by atoms with van der Waals surface area (Å²) in [6.07, 6.45) is 2.30. The van der Waals surface area contributed by atoms with E-state index >= 15 is 0 Å². The maximum Gasteiger partial charge on any atom is 0.427 e. The summed E-state index contributed by atoms with van der Waals surface area (Å²) in [5.41, 5.74) is 8.25. The van der Waals surface area contributed by atoms with E-state index in [0.29, 0.717) is 23.2 Å². The van der Waals surface area contributed by atoms with Crippen LogP contribution in [0.25, 0.3) is 28.2 Å². The summed E-state index contributed by atoms with van der Waals surface area (Å²) in [4.78, 5) is 33.5. The van der Waals surface area contributed by atoms with Crippen molar-refractivity contribution in [3.8, 4) is 11.1 Å². The zero-order valence-electron chi connectivity index (χ0n) is 15.6. The van der Waals surface area contributed by atoms with Crippen LogP contribution in [-0.2, 0) is 11.0 Å². The molecule has 0 fully saturated rings. The number of nitrogens with one attached hydrogen (secondary N) is 1. The van der Waals surface area contributed by atoms with Gasteiger partial charge in [-0.3, -0.25) is 9.59 Å². The number of benzene rings is 1. The van der Waals surface area contributed by atoms with Crippen LogP contribution in [0.1, 0.15) is 25.8 Å². The van der Waals surface area contributed by atoms with Crippen molar-refractivity contribution in [2.45, 2.75) is 6.18 Å². The van der Waals surface area contributed by atoms with Gasteiger partial charge >= 0.3 is 6.18 Å². The molecule has 0 saturated carbocycles. The van der Waals surface area contributed by atoms with Gasteiger partial charge in [-0.05, 0) is 17.7 Å². The molecule has 10 heteroatoms. The molecule has 0 unspecified atom stereocenters. The molecule has 0 atom stereocenters. The molecule has 31 heavy (non-hydrogen) atoms. The number of ketones is 1. The smallest absolute Gasteiger partial charge is 0.366 e. The van der Waals surface area contributed by atoms with Gasteiger partial charge in [-0.25, -0.2) is 9.97 Å². The summed E-state index contributed by atoms with van der Waals surface area (Å²) in [7, 11) is 0. The van der Waals surface area contributed by atoms with Gasteiger partial charge in [-0.1, -0.05) is 24.3 Å². The van der Waals surface area contributed by atoms with Crippen LogP contribution < -0.4 is 5.73 Å². The minimum atomic E-state index is -4.53. The number of alkyl halides is 3. The van der Waals surface area contributed by atoms with E-state index in [1.165, 1.54) is 18.2 Å². The van der Waals surface area contributed by atoms with Gasteiger partial charge in [-0.2, -0.15) is 13.2 Å². The molecular formula is C21H13F3N4O2S. The Morgan fingerprint density at radius 2 is 1.81 bits per heavy atom. The first kappa shape index (κ1) is 20.5. The first-order valence-electron chi connectivity index (χ1n) is 8.85. The Hall–Kier alpha value is -3.79. The lowest BCUT2D eigenvalue weighted by atomic mass is 10.0. The topological polar surface area (TPSA) is 102 Å². The molecule has 0 bridgehead atoms. The van der Waals surface area contributed by atoms with Crippen LogP contribution in [0.2, 0.25) is 0 Å².